The van der Waals surface area contributed by atoms with Gasteiger partial charge in [-0.2, -0.15) is 0 Å². The minimum Gasteiger partial charge on any atom is -0.495 e. The molecule has 0 aliphatic carbocycles. The molecule has 2 aromatic carbocycles. The molecule has 0 bridgehead atoms. The number of halogens is 2. The van der Waals surface area contributed by atoms with Crippen LogP contribution < -0.4 is 10.1 Å². The predicted molar refractivity (Wildman–Crippen MR) is 103 cm³/mol. The van der Waals surface area contributed by atoms with E-state index in [4.69, 9.17) is 32.4 Å². The average Bonchev–Trinajstić information content (AvgIpc) is 3.12. The lowest BCUT2D eigenvalue weighted by atomic mass is 10.1. The van der Waals surface area contributed by atoms with E-state index < -0.39 is 0 Å². The molecule has 25 heavy (non-hydrogen) atoms. The third-order valence-corrected chi connectivity index (χ3v) is 5.34. The SMILES string of the molecule is COc1cc2c(cc1NC(=O)c1cc(Cl)sc1Cl)oc1ccccc12. The van der Waals surface area contributed by atoms with Crippen LogP contribution in [0.2, 0.25) is 8.67 Å². The van der Waals surface area contributed by atoms with E-state index in [-0.39, 0.29) is 5.91 Å². The number of anilines is 1. The van der Waals surface area contributed by atoms with Crippen molar-refractivity contribution in [2.45, 2.75) is 0 Å². The molecule has 2 aromatic heterocycles. The molecule has 1 amide bonds. The van der Waals surface area contributed by atoms with Crippen LogP contribution >= 0.6 is 34.5 Å². The Morgan fingerprint density at radius 2 is 1.92 bits per heavy atom. The number of ether oxygens (including phenoxy) is 1. The summed E-state index contributed by atoms with van der Waals surface area (Å²) in [6.07, 6.45) is 0. The summed E-state index contributed by atoms with van der Waals surface area (Å²) in [6, 6.07) is 12.9. The summed E-state index contributed by atoms with van der Waals surface area (Å²) in [5, 5.41) is 4.71. The number of fused-ring (bicyclic) bond motifs is 3. The highest BCUT2D eigenvalue weighted by molar-refractivity contribution is 7.20. The number of amides is 1. The first-order valence-electron chi connectivity index (χ1n) is 7.32. The van der Waals surface area contributed by atoms with Gasteiger partial charge in [0.2, 0.25) is 0 Å². The van der Waals surface area contributed by atoms with Gasteiger partial charge in [-0.05, 0) is 18.2 Å². The molecule has 0 saturated carbocycles. The lowest BCUT2D eigenvalue weighted by Gasteiger charge is -2.10. The van der Waals surface area contributed by atoms with Gasteiger partial charge in [0.25, 0.3) is 5.91 Å². The van der Waals surface area contributed by atoms with Crippen LogP contribution in [0.15, 0.2) is 46.9 Å². The average molecular weight is 392 g/mol. The molecule has 2 heterocycles. The summed E-state index contributed by atoms with van der Waals surface area (Å²) >= 11 is 13.1. The van der Waals surface area contributed by atoms with Crippen molar-refractivity contribution in [2.24, 2.45) is 0 Å². The van der Waals surface area contributed by atoms with E-state index in [2.05, 4.69) is 5.32 Å². The zero-order chi connectivity index (χ0) is 17.6. The van der Waals surface area contributed by atoms with Gasteiger partial charge in [-0.15, -0.1) is 11.3 Å². The molecule has 1 N–H and O–H groups in total. The summed E-state index contributed by atoms with van der Waals surface area (Å²) in [5.41, 5.74) is 2.25. The quantitative estimate of drug-likeness (QED) is 0.451. The number of furan rings is 1. The van der Waals surface area contributed by atoms with E-state index in [0.717, 1.165) is 27.7 Å². The molecular weight excluding hydrogens is 381 g/mol. The van der Waals surface area contributed by atoms with E-state index >= 15 is 0 Å². The molecule has 0 atom stereocenters. The van der Waals surface area contributed by atoms with Crippen LogP contribution in [0, 0.1) is 0 Å². The van der Waals surface area contributed by atoms with Crippen molar-refractivity contribution in [2.75, 3.05) is 12.4 Å². The molecule has 0 aliphatic rings. The molecule has 4 nitrogen and oxygen atoms in total. The Hall–Kier alpha value is -2.21. The number of benzene rings is 2. The number of hydrogen-bond donors (Lipinski definition) is 1. The topological polar surface area (TPSA) is 51.5 Å². The summed E-state index contributed by atoms with van der Waals surface area (Å²) in [7, 11) is 1.55. The van der Waals surface area contributed by atoms with Crippen molar-refractivity contribution < 1.29 is 13.9 Å². The Labute approximate surface area is 156 Å². The highest BCUT2D eigenvalue weighted by atomic mass is 35.5. The van der Waals surface area contributed by atoms with Crippen molar-refractivity contribution in [3.05, 3.63) is 56.7 Å². The second kappa shape index (κ2) is 6.26. The molecule has 4 rings (SSSR count). The lowest BCUT2D eigenvalue weighted by Crippen LogP contribution is -2.12. The molecule has 0 radical (unpaired) electrons. The maximum Gasteiger partial charge on any atom is 0.258 e. The van der Waals surface area contributed by atoms with E-state index in [9.17, 15) is 4.79 Å². The Morgan fingerprint density at radius 3 is 2.64 bits per heavy atom. The van der Waals surface area contributed by atoms with Crippen LogP contribution in [0.4, 0.5) is 5.69 Å². The van der Waals surface area contributed by atoms with Crippen LogP contribution in [0.1, 0.15) is 10.4 Å². The fourth-order valence-electron chi connectivity index (χ4n) is 2.70. The molecule has 7 heteroatoms. The first-order valence-corrected chi connectivity index (χ1v) is 8.89. The first kappa shape index (κ1) is 16.3. The number of para-hydroxylation sites is 1. The zero-order valence-electron chi connectivity index (χ0n) is 12.9. The van der Waals surface area contributed by atoms with Gasteiger partial charge in [0.05, 0.1) is 22.7 Å². The van der Waals surface area contributed by atoms with Gasteiger partial charge >= 0.3 is 0 Å². The highest BCUT2D eigenvalue weighted by Gasteiger charge is 2.18. The van der Waals surface area contributed by atoms with E-state index in [0.29, 0.717) is 31.3 Å². The molecule has 0 unspecified atom stereocenters. The normalized spacial score (nSPS) is 11.2. The number of hydrogen-bond acceptors (Lipinski definition) is 4. The Bertz CT molecular complexity index is 1120. The van der Waals surface area contributed by atoms with Crippen LogP contribution in [0.3, 0.4) is 0 Å². The summed E-state index contributed by atoms with van der Waals surface area (Å²) < 4.78 is 12.1. The summed E-state index contributed by atoms with van der Waals surface area (Å²) in [4.78, 5) is 12.5. The van der Waals surface area contributed by atoms with Crippen molar-refractivity contribution in [1.29, 1.82) is 0 Å². The van der Waals surface area contributed by atoms with Crippen molar-refractivity contribution in [3.8, 4) is 5.75 Å². The first-order chi connectivity index (χ1) is 12.1. The van der Waals surface area contributed by atoms with Gasteiger partial charge in [-0.25, -0.2) is 0 Å². The molecule has 4 aromatic rings. The van der Waals surface area contributed by atoms with E-state index in [1.54, 1.807) is 13.2 Å². The lowest BCUT2D eigenvalue weighted by molar-refractivity contribution is 0.102. The number of thiophene rings is 1. The number of methoxy groups -OCH3 is 1. The number of nitrogens with one attached hydrogen (secondary N) is 1. The Balaban J connectivity index is 1.79. The molecular formula is C18H11Cl2NO3S. The minimum atomic E-state index is -0.359. The van der Waals surface area contributed by atoms with E-state index in [1.807, 2.05) is 30.3 Å². The maximum absolute atomic E-state index is 12.5. The standard InChI is InChI=1S/C18H11Cl2NO3S/c1-23-15-6-10-9-4-2-3-5-13(9)24-14(10)8-12(15)21-18(22)11-7-16(19)25-17(11)20/h2-8H,1H3,(H,21,22). The second-order valence-corrected chi connectivity index (χ2v) is 7.62. The van der Waals surface area contributed by atoms with Gasteiger partial charge in [0.1, 0.15) is 21.3 Å². The molecule has 0 saturated heterocycles. The predicted octanol–water partition coefficient (Wildman–Crippen LogP) is 6.22. The number of carbonyl (C=O) groups excluding carboxylic acids is 1. The van der Waals surface area contributed by atoms with Crippen molar-refractivity contribution in [1.82, 2.24) is 0 Å². The van der Waals surface area contributed by atoms with Crippen molar-refractivity contribution >= 4 is 68.1 Å². The Kier molecular flexibility index (Phi) is 4.07. The molecule has 0 fully saturated rings. The maximum atomic E-state index is 12.5. The Morgan fingerprint density at radius 1 is 1.12 bits per heavy atom. The largest absolute Gasteiger partial charge is 0.495 e. The van der Waals surface area contributed by atoms with E-state index in [1.165, 1.54) is 6.07 Å². The second-order valence-electron chi connectivity index (χ2n) is 5.34. The van der Waals surface area contributed by atoms with Gasteiger partial charge < -0.3 is 14.5 Å². The van der Waals surface area contributed by atoms with Crippen LogP contribution in [-0.2, 0) is 0 Å². The van der Waals surface area contributed by atoms with Gasteiger partial charge in [0.15, 0.2) is 0 Å². The fourth-order valence-corrected chi connectivity index (χ4v) is 4.16. The molecule has 0 spiro atoms. The van der Waals surface area contributed by atoms with Gasteiger partial charge in [0, 0.05) is 16.8 Å². The fraction of sp³-hybridized carbons (Fsp3) is 0.0556. The molecule has 126 valence electrons. The van der Waals surface area contributed by atoms with Gasteiger partial charge in [-0.1, -0.05) is 41.4 Å². The van der Waals surface area contributed by atoms with Crippen LogP contribution in [-0.4, -0.2) is 13.0 Å². The van der Waals surface area contributed by atoms with Crippen LogP contribution in [0.25, 0.3) is 21.9 Å². The summed E-state index contributed by atoms with van der Waals surface area (Å²) in [6.45, 7) is 0. The number of rotatable bonds is 3. The molecule has 0 aliphatic heterocycles. The third kappa shape index (κ3) is 2.84. The van der Waals surface area contributed by atoms with Gasteiger partial charge in [-0.3, -0.25) is 4.79 Å². The highest BCUT2D eigenvalue weighted by Crippen LogP contribution is 2.37. The van der Waals surface area contributed by atoms with Crippen LogP contribution in [0.5, 0.6) is 5.75 Å². The summed E-state index contributed by atoms with van der Waals surface area (Å²) in [5.74, 6) is 0.173. The third-order valence-electron chi connectivity index (χ3n) is 3.85. The number of carbonyl (C=O) groups is 1. The zero-order valence-corrected chi connectivity index (χ0v) is 15.3. The van der Waals surface area contributed by atoms with Crippen molar-refractivity contribution in [3.63, 3.8) is 0 Å². The minimum absolute atomic E-state index is 0.323. The smallest absolute Gasteiger partial charge is 0.258 e. The monoisotopic (exact) mass is 391 g/mol.